The first-order valence-electron chi connectivity index (χ1n) is 12.7. The highest BCUT2D eigenvalue weighted by Gasteiger charge is 2.34. The predicted octanol–water partition coefficient (Wildman–Crippen LogP) is 2.50. The van der Waals surface area contributed by atoms with Crippen LogP contribution in [-0.2, 0) is 26.2 Å². The van der Waals surface area contributed by atoms with E-state index in [1.165, 1.54) is 11.0 Å². The molecule has 2 aliphatic heterocycles. The largest absolute Gasteiger partial charge is 0.339 e. The summed E-state index contributed by atoms with van der Waals surface area (Å²) in [4.78, 5) is 36.1. The minimum atomic E-state index is -3.94. The van der Waals surface area contributed by atoms with Gasteiger partial charge in [0.15, 0.2) is 0 Å². The monoisotopic (exact) mass is 555 g/mol. The smallest absolute Gasteiger partial charge is 0.242 e. The summed E-state index contributed by atoms with van der Waals surface area (Å²) in [6.45, 7) is 3.74. The molecule has 5 rings (SSSR count). The molecule has 2 fully saturated rings. The first kappa shape index (κ1) is 26.6. The fourth-order valence-electron chi connectivity index (χ4n) is 4.96. The Kier molecular flexibility index (Phi) is 7.94. The van der Waals surface area contributed by atoms with Gasteiger partial charge in [0.25, 0.3) is 0 Å². The van der Waals surface area contributed by atoms with Gasteiger partial charge in [-0.1, -0.05) is 29.8 Å². The average molecular weight is 556 g/mol. The molecular weight excluding hydrogens is 526 g/mol. The lowest BCUT2D eigenvalue weighted by Crippen LogP contribution is -2.56. The van der Waals surface area contributed by atoms with Crippen LogP contribution >= 0.6 is 11.6 Å². The minimum absolute atomic E-state index is 0.0476. The molecule has 3 heterocycles. The van der Waals surface area contributed by atoms with Crippen molar-refractivity contribution in [3.05, 3.63) is 71.5 Å². The lowest BCUT2D eigenvalue weighted by Gasteiger charge is -2.37. The van der Waals surface area contributed by atoms with Crippen molar-refractivity contribution in [2.45, 2.75) is 30.3 Å². The number of amides is 2. The number of halogens is 1. The van der Waals surface area contributed by atoms with Gasteiger partial charge < -0.3 is 9.80 Å². The van der Waals surface area contributed by atoms with Crippen molar-refractivity contribution in [1.29, 1.82) is 0 Å². The van der Waals surface area contributed by atoms with E-state index < -0.39 is 16.1 Å². The van der Waals surface area contributed by atoms with E-state index in [1.807, 2.05) is 18.2 Å². The number of nitrogens with one attached hydrogen (secondary N) is 1. The van der Waals surface area contributed by atoms with E-state index in [9.17, 15) is 18.0 Å². The Morgan fingerprint density at radius 3 is 2.53 bits per heavy atom. The summed E-state index contributed by atoms with van der Waals surface area (Å²) in [5.41, 5.74) is 0.993. The van der Waals surface area contributed by atoms with Crippen LogP contribution in [0.1, 0.15) is 18.5 Å². The predicted molar refractivity (Wildman–Crippen MR) is 145 cm³/mol. The highest BCUT2D eigenvalue weighted by atomic mass is 35.5. The lowest BCUT2D eigenvalue weighted by molar-refractivity contribution is -0.144. The maximum Gasteiger partial charge on any atom is 0.242 e. The molecule has 1 N–H and O–H groups in total. The number of likely N-dealkylation sites (tertiary alicyclic amines) is 1. The van der Waals surface area contributed by atoms with Gasteiger partial charge in [-0.3, -0.25) is 19.5 Å². The topological polar surface area (TPSA) is 103 Å². The number of sulfonamides is 1. The zero-order valence-corrected chi connectivity index (χ0v) is 22.5. The molecule has 0 saturated carbocycles. The third kappa shape index (κ3) is 6.15. The molecule has 9 nitrogen and oxygen atoms in total. The van der Waals surface area contributed by atoms with Gasteiger partial charge in [-0.05, 0) is 60.0 Å². The van der Waals surface area contributed by atoms with Crippen molar-refractivity contribution in [2.24, 2.45) is 0 Å². The van der Waals surface area contributed by atoms with Gasteiger partial charge in [-0.25, -0.2) is 8.42 Å². The van der Waals surface area contributed by atoms with Crippen molar-refractivity contribution in [3.63, 3.8) is 0 Å². The van der Waals surface area contributed by atoms with Gasteiger partial charge in [-0.15, -0.1) is 0 Å². The fourth-order valence-corrected chi connectivity index (χ4v) is 6.40. The zero-order valence-electron chi connectivity index (χ0n) is 20.9. The molecule has 2 aliphatic rings. The second kappa shape index (κ2) is 11.4. The summed E-state index contributed by atoms with van der Waals surface area (Å²) in [6.07, 6.45) is 2.77. The Morgan fingerprint density at radius 1 is 1.00 bits per heavy atom. The van der Waals surface area contributed by atoms with E-state index in [1.54, 1.807) is 41.4 Å². The van der Waals surface area contributed by atoms with Crippen molar-refractivity contribution in [2.75, 3.05) is 39.3 Å². The van der Waals surface area contributed by atoms with E-state index >= 15 is 0 Å². The number of piperidine rings is 1. The standard InChI is InChI=1S/C27H30ClN5O4S/c28-22-8-6-21-17-24(9-7-20(21)16-22)38(36,37)30-25-5-3-11-33(27(25)35)19-26(34)32-14-12-31(13-15-32)18-23-4-1-2-10-29-23/h1-2,4,6-10,16-17,25,30H,3,5,11-15,18-19H2. The molecule has 0 spiro atoms. The average Bonchev–Trinajstić information content (AvgIpc) is 2.91. The van der Waals surface area contributed by atoms with Crippen molar-refractivity contribution < 1.29 is 18.0 Å². The normalized spacial score (nSPS) is 19.2. The second-order valence-electron chi connectivity index (χ2n) is 9.71. The Balaban J connectivity index is 1.17. The molecule has 1 atom stereocenters. The van der Waals surface area contributed by atoms with Gasteiger partial charge >= 0.3 is 0 Å². The maximum atomic E-state index is 13.2. The number of carbonyl (C=O) groups excluding carboxylic acids is 2. The molecular formula is C27H30ClN5O4S. The zero-order chi connectivity index (χ0) is 26.7. The molecule has 3 aromatic rings. The summed E-state index contributed by atoms with van der Waals surface area (Å²) < 4.78 is 28.8. The summed E-state index contributed by atoms with van der Waals surface area (Å²) >= 11 is 6.02. The molecule has 200 valence electrons. The third-order valence-electron chi connectivity index (χ3n) is 7.07. The van der Waals surface area contributed by atoms with Crippen LogP contribution in [0.25, 0.3) is 10.8 Å². The van der Waals surface area contributed by atoms with Gasteiger partial charge in [0.1, 0.15) is 6.04 Å². The first-order chi connectivity index (χ1) is 18.3. The highest BCUT2D eigenvalue weighted by molar-refractivity contribution is 7.89. The molecule has 0 bridgehead atoms. The molecule has 1 unspecified atom stereocenters. The fraction of sp³-hybridized carbons (Fsp3) is 0.370. The number of hydrogen-bond donors (Lipinski definition) is 1. The SMILES string of the molecule is O=C(CN1CCCC(NS(=O)(=O)c2ccc3cc(Cl)ccc3c2)C1=O)N1CCN(Cc2ccccn2)CC1. The van der Waals surface area contributed by atoms with E-state index in [0.29, 0.717) is 37.5 Å². The van der Waals surface area contributed by atoms with E-state index in [-0.39, 0.29) is 23.3 Å². The molecule has 38 heavy (non-hydrogen) atoms. The van der Waals surface area contributed by atoms with Crippen LogP contribution in [0.2, 0.25) is 5.02 Å². The van der Waals surface area contributed by atoms with Crippen LogP contribution in [0, 0.1) is 0 Å². The van der Waals surface area contributed by atoms with Crippen LogP contribution in [0.3, 0.4) is 0 Å². The number of rotatable bonds is 7. The molecule has 11 heteroatoms. The number of piperazine rings is 1. The Morgan fingerprint density at radius 2 is 1.76 bits per heavy atom. The third-order valence-corrected chi connectivity index (χ3v) is 8.78. The molecule has 1 aromatic heterocycles. The molecule has 2 saturated heterocycles. The molecule has 0 aliphatic carbocycles. The number of nitrogens with zero attached hydrogens (tertiary/aromatic N) is 4. The van der Waals surface area contributed by atoms with Gasteiger partial charge in [0.05, 0.1) is 17.1 Å². The summed E-state index contributed by atoms with van der Waals surface area (Å²) in [5, 5.41) is 2.13. The number of fused-ring (bicyclic) bond motifs is 1. The number of aromatic nitrogens is 1. The maximum absolute atomic E-state index is 13.2. The summed E-state index contributed by atoms with van der Waals surface area (Å²) in [6, 6.07) is 14.9. The van der Waals surface area contributed by atoms with Crippen molar-refractivity contribution >= 4 is 44.2 Å². The van der Waals surface area contributed by atoms with Crippen LogP contribution in [0.4, 0.5) is 0 Å². The Bertz CT molecular complexity index is 1430. The van der Waals surface area contributed by atoms with E-state index in [4.69, 9.17) is 11.6 Å². The highest BCUT2D eigenvalue weighted by Crippen LogP contribution is 2.23. The van der Waals surface area contributed by atoms with Crippen LogP contribution in [0.5, 0.6) is 0 Å². The van der Waals surface area contributed by atoms with Gasteiger partial charge in [0.2, 0.25) is 21.8 Å². The second-order valence-corrected chi connectivity index (χ2v) is 11.9. The van der Waals surface area contributed by atoms with E-state index in [0.717, 1.165) is 36.1 Å². The van der Waals surface area contributed by atoms with Crippen LogP contribution in [-0.4, -0.2) is 85.2 Å². The van der Waals surface area contributed by atoms with Gasteiger partial charge in [0, 0.05) is 50.5 Å². The summed E-state index contributed by atoms with van der Waals surface area (Å²) in [5.74, 6) is -0.484. The lowest BCUT2D eigenvalue weighted by atomic mass is 10.1. The summed E-state index contributed by atoms with van der Waals surface area (Å²) in [7, 11) is -3.94. The van der Waals surface area contributed by atoms with Crippen LogP contribution in [0.15, 0.2) is 65.7 Å². The first-order valence-corrected chi connectivity index (χ1v) is 14.6. The van der Waals surface area contributed by atoms with Crippen molar-refractivity contribution in [1.82, 2.24) is 24.4 Å². The van der Waals surface area contributed by atoms with Gasteiger partial charge in [-0.2, -0.15) is 4.72 Å². The quantitative estimate of drug-likeness (QED) is 0.480. The van der Waals surface area contributed by atoms with Crippen molar-refractivity contribution in [3.8, 4) is 0 Å². The Hall–Kier alpha value is -3.05. The van der Waals surface area contributed by atoms with Crippen LogP contribution < -0.4 is 4.72 Å². The van der Waals surface area contributed by atoms with E-state index in [2.05, 4.69) is 14.6 Å². The number of hydrogen-bond acceptors (Lipinski definition) is 6. The number of pyridine rings is 1. The Labute approximate surface area is 227 Å². The number of carbonyl (C=O) groups is 2. The number of benzene rings is 2. The molecule has 0 radical (unpaired) electrons. The molecule has 2 aromatic carbocycles. The minimum Gasteiger partial charge on any atom is -0.339 e. The molecule has 2 amide bonds.